The number of hydrogen-bond acceptors (Lipinski definition) is 5. The van der Waals surface area contributed by atoms with Crippen molar-refractivity contribution in [3.63, 3.8) is 0 Å². The third-order valence-electron chi connectivity index (χ3n) is 2.75. The molecule has 0 atom stereocenters. The molecular weight excluding hydrogens is 285 g/mol. The average Bonchev–Trinajstić information content (AvgIpc) is 2.82. The van der Waals surface area contributed by atoms with Gasteiger partial charge in [-0.1, -0.05) is 6.07 Å². The Morgan fingerprint density at radius 3 is 2.80 bits per heavy atom. The Morgan fingerprint density at radius 1 is 1.45 bits per heavy atom. The van der Waals surface area contributed by atoms with Gasteiger partial charge in [-0.3, -0.25) is 0 Å². The normalized spacial score (nSPS) is 11.8. The summed E-state index contributed by atoms with van der Waals surface area (Å²) < 4.78 is 41.7. The standard InChI is InChI=1S/C11H14FN5O2S/c1-17-7-14-16-11(17)6-15-20(18,19)10-4-8(5-13)2-3-9(10)12/h2-4,7,15H,5-6,13H2,1H3. The van der Waals surface area contributed by atoms with E-state index in [0.717, 1.165) is 6.07 Å². The molecule has 9 heteroatoms. The molecule has 0 bridgehead atoms. The van der Waals surface area contributed by atoms with Crippen LogP contribution in [0.2, 0.25) is 0 Å². The Bertz CT molecular complexity index is 713. The summed E-state index contributed by atoms with van der Waals surface area (Å²) in [6.07, 6.45) is 1.44. The topological polar surface area (TPSA) is 103 Å². The van der Waals surface area contributed by atoms with E-state index in [9.17, 15) is 12.8 Å². The molecule has 0 aliphatic rings. The number of aromatic nitrogens is 3. The maximum absolute atomic E-state index is 13.7. The van der Waals surface area contributed by atoms with E-state index in [2.05, 4.69) is 14.9 Å². The Balaban J connectivity index is 2.24. The summed E-state index contributed by atoms with van der Waals surface area (Å²) in [7, 11) is -2.30. The first-order chi connectivity index (χ1) is 9.44. The van der Waals surface area contributed by atoms with Gasteiger partial charge in [0.05, 0.1) is 6.54 Å². The summed E-state index contributed by atoms with van der Waals surface area (Å²) in [5.74, 6) is -0.406. The molecule has 0 saturated heterocycles. The molecule has 3 N–H and O–H groups in total. The largest absolute Gasteiger partial charge is 0.326 e. The van der Waals surface area contributed by atoms with E-state index < -0.39 is 20.7 Å². The lowest BCUT2D eigenvalue weighted by atomic mass is 10.2. The minimum Gasteiger partial charge on any atom is -0.326 e. The molecule has 108 valence electrons. The maximum Gasteiger partial charge on any atom is 0.243 e. The van der Waals surface area contributed by atoms with Gasteiger partial charge in [0.1, 0.15) is 22.9 Å². The fraction of sp³-hybridized carbons (Fsp3) is 0.273. The first-order valence-electron chi connectivity index (χ1n) is 5.75. The molecule has 20 heavy (non-hydrogen) atoms. The van der Waals surface area contributed by atoms with E-state index in [-0.39, 0.29) is 13.1 Å². The summed E-state index contributed by atoms with van der Waals surface area (Å²) >= 11 is 0. The number of halogens is 1. The highest BCUT2D eigenvalue weighted by atomic mass is 32.2. The first kappa shape index (κ1) is 14.6. The van der Waals surface area contributed by atoms with Gasteiger partial charge in [-0.2, -0.15) is 0 Å². The smallest absolute Gasteiger partial charge is 0.243 e. The SMILES string of the molecule is Cn1cnnc1CNS(=O)(=O)c1cc(CN)ccc1F. The number of nitrogens with two attached hydrogens (primary N) is 1. The van der Waals surface area contributed by atoms with E-state index in [1.54, 1.807) is 11.6 Å². The van der Waals surface area contributed by atoms with Crippen molar-refractivity contribution >= 4 is 10.0 Å². The van der Waals surface area contributed by atoms with Crippen molar-refractivity contribution < 1.29 is 12.8 Å². The van der Waals surface area contributed by atoms with Crippen LogP contribution >= 0.6 is 0 Å². The van der Waals surface area contributed by atoms with Crippen molar-refractivity contribution in [2.24, 2.45) is 12.8 Å². The maximum atomic E-state index is 13.7. The van der Waals surface area contributed by atoms with Gasteiger partial charge in [-0.05, 0) is 17.7 Å². The number of hydrogen-bond donors (Lipinski definition) is 2. The fourth-order valence-corrected chi connectivity index (χ4v) is 2.69. The zero-order valence-corrected chi connectivity index (χ0v) is 11.6. The number of sulfonamides is 1. The number of aryl methyl sites for hydroxylation is 1. The second-order valence-corrected chi connectivity index (χ2v) is 5.89. The van der Waals surface area contributed by atoms with Crippen LogP contribution in [0, 0.1) is 5.82 Å². The summed E-state index contributed by atoms with van der Waals surface area (Å²) in [4.78, 5) is -0.428. The summed E-state index contributed by atoms with van der Waals surface area (Å²) in [6, 6.07) is 3.74. The van der Waals surface area contributed by atoms with Gasteiger partial charge in [-0.15, -0.1) is 10.2 Å². The monoisotopic (exact) mass is 299 g/mol. The molecule has 0 unspecified atom stereocenters. The predicted molar refractivity (Wildman–Crippen MR) is 69.3 cm³/mol. The van der Waals surface area contributed by atoms with Crippen molar-refractivity contribution in [3.8, 4) is 0 Å². The molecule has 2 aromatic rings. The van der Waals surface area contributed by atoms with Gasteiger partial charge in [0.25, 0.3) is 0 Å². The zero-order valence-electron chi connectivity index (χ0n) is 10.7. The fourth-order valence-electron chi connectivity index (χ4n) is 1.59. The van der Waals surface area contributed by atoms with Crippen LogP contribution in [0.15, 0.2) is 29.4 Å². The van der Waals surface area contributed by atoms with Crippen molar-refractivity contribution in [2.45, 2.75) is 18.0 Å². The average molecular weight is 299 g/mol. The summed E-state index contributed by atoms with van der Waals surface area (Å²) in [5, 5.41) is 7.37. The molecule has 0 spiro atoms. The van der Waals surface area contributed by atoms with Gasteiger partial charge in [-0.25, -0.2) is 17.5 Å². The predicted octanol–water partition coefficient (Wildman–Crippen LogP) is -0.109. The zero-order chi connectivity index (χ0) is 14.8. The van der Waals surface area contributed by atoms with Gasteiger partial charge in [0, 0.05) is 13.6 Å². The van der Waals surface area contributed by atoms with Crippen LogP contribution in [0.1, 0.15) is 11.4 Å². The second-order valence-electron chi connectivity index (χ2n) is 4.15. The lowest BCUT2D eigenvalue weighted by Crippen LogP contribution is -2.25. The summed E-state index contributed by atoms with van der Waals surface area (Å²) in [5.41, 5.74) is 5.96. The number of rotatable bonds is 5. The van der Waals surface area contributed by atoms with Gasteiger partial charge in [0.15, 0.2) is 0 Å². The number of nitrogens with zero attached hydrogens (tertiary/aromatic N) is 3. The van der Waals surface area contributed by atoms with Crippen LogP contribution in [0.3, 0.4) is 0 Å². The molecule has 0 radical (unpaired) electrons. The molecule has 0 aliphatic carbocycles. The minimum atomic E-state index is -3.98. The van der Waals surface area contributed by atoms with Crippen molar-refractivity contribution in [3.05, 3.63) is 41.7 Å². The Kier molecular flexibility index (Phi) is 4.12. The highest BCUT2D eigenvalue weighted by Crippen LogP contribution is 2.16. The third-order valence-corrected chi connectivity index (χ3v) is 4.16. The lowest BCUT2D eigenvalue weighted by molar-refractivity contribution is 0.553. The lowest BCUT2D eigenvalue weighted by Gasteiger charge is -2.08. The molecule has 0 fully saturated rings. The second kappa shape index (κ2) is 5.65. The van der Waals surface area contributed by atoms with Crippen LogP contribution in [0.4, 0.5) is 4.39 Å². The van der Waals surface area contributed by atoms with Crippen LogP contribution in [0.25, 0.3) is 0 Å². The van der Waals surface area contributed by atoms with Crippen LogP contribution in [-0.2, 0) is 30.2 Å². The van der Waals surface area contributed by atoms with E-state index in [0.29, 0.717) is 11.4 Å². The third kappa shape index (κ3) is 3.00. The van der Waals surface area contributed by atoms with Crippen molar-refractivity contribution in [2.75, 3.05) is 0 Å². The Morgan fingerprint density at radius 2 is 2.20 bits per heavy atom. The van der Waals surface area contributed by atoms with Crippen molar-refractivity contribution in [1.29, 1.82) is 0 Å². The van der Waals surface area contributed by atoms with Crippen LogP contribution < -0.4 is 10.5 Å². The van der Waals surface area contributed by atoms with E-state index >= 15 is 0 Å². The molecular formula is C11H14FN5O2S. The highest BCUT2D eigenvalue weighted by Gasteiger charge is 2.20. The quantitative estimate of drug-likeness (QED) is 0.802. The Labute approximate surface area is 115 Å². The Hall–Kier alpha value is -1.84. The molecule has 1 heterocycles. The molecule has 2 rings (SSSR count). The van der Waals surface area contributed by atoms with E-state index in [4.69, 9.17) is 5.73 Å². The number of benzene rings is 1. The minimum absolute atomic E-state index is 0.0782. The van der Waals surface area contributed by atoms with E-state index in [1.807, 2.05) is 0 Å². The molecule has 0 saturated carbocycles. The molecule has 1 aromatic carbocycles. The van der Waals surface area contributed by atoms with Crippen LogP contribution in [-0.4, -0.2) is 23.2 Å². The van der Waals surface area contributed by atoms with Crippen LogP contribution in [0.5, 0.6) is 0 Å². The molecule has 0 amide bonds. The first-order valence-corrected chi connectivity index (χ1v) is 7.23. The number of nitrogens with one attached hydrogen (secondary N) is 1. The van der Waals surface area contributed by atoms with E-state index in [1.165, 1.54) is 18.5 Å². The van der Waals surface area contributed by atoms with Crippen molar-refractivity contribution in [1.82, 2.24) is 19.5 Å². The van der Waals surface area contributed by atoms with Gasteiger partial charge >= 0.3 is 0 Å². The molecule has 0 aliphatic heterocycles. The van der Waals surface area contributed by atoms with Gasteiger partial charge in [0.2, 0.25) is 10.0 Å². The molecule has 1 aromatic heterocycles. The highest BCUT2D eigenvalue weighted by molar-refractivity contribution is 7.89. The van der Waals surface area contributed by atoms with Gasteiger partial charge < -0.3 is 10.3 Å². The molecule has 7 nitrogen and oxygen atoms in total. The summed E-state index contributed by atoms with van der Waals surface area (Å²) in [6.45, 7) is 0.0528.